The number of aryl methyl sites for hydroxylation is 2. The van der Waals surface area contributed by atoms with E-state index < -0.39 is 0 Å². The highest BCUT2D eigenvalue weighted by Crippen LogP contribution is 2.39. The van der Waals surface area contributed by atoms with Crippen molar-refractivity contribution in [2.24, 2.45) is 5.92 Å². The van der Waals surface area contributed by atoms with E-state index in [1.807, 2.05) is 0 Å². The van der Waals surface area contributed by atoms with Crippen LogP contribution in [0.25, 0.3) is 0 Å². The number of rotatable bonds is 3. The fourth-order valence-electron chi connectivity index (χ4n) is 3.20. The summed E-state index contributed by atoms with van der Waals surface area (Å²) in [6.07, 6.45) is 2.09. The van der Waals surface area contributed by atoms with Gasteiger partial charge < -0.3 is 10.0 Å². The minimum atomic E-state index is 0.193. The number of aliphatic hydroxyl groups is 1. The molecule has 0 aliphatic carbocycles. The van der Waals surface area contributed by atoms with E-state index in [4.69, 9.17) is 5.11 Å². The van der Waals surface area contributed by atoms with Gasteiger partial charge in [-0.15, -0.1) is 0 Å². The van der Waals surface area contributed by atoms with Crippen molar-refractivity contribution in [3.8, 4) is 0 Å². The maximum atomic E-state index is 9.13. The topological polar surface area (TPSA) is 23.5 Å². The van der Waals surface area contributed by atoms with Crippen LogP contribution in [0.2, 0.25) is 0 Å². The summed E-state index contributed by atoms with van der Waals surface area (Å²) in [6.45, 7) is 10.3. The molecule has 1 saturated heterocycles. The van der Waals surface area contributed by atoms with Gasteiger partial charge in [-0.2, -0.15) is 0 Å². The molecule has 18 heavy (non-hydrogen) atoms. The second kappa shape index (κ2) is 4.93. The van der Waals surface area contributed by atoms with Gasteiger partial charge in [0, 0.05) is 24.4 Å². The Hall–Kier alpha value is -1.02. The zero-order valence-corrected chi connectivity index (χ0v) is 12.0. The van der Waals surface area contributed by atoms with Crippen molar-refractivity contribution in [3.63, 3.8) is 0 Å². The molecule has 1 fully saturated rings. The summed E-state index contributed by atoms with van der Waals surface area (Å²) in [5.74, 6) is 0.616. The van der Waals surface area contributed by atoms with E-state index in [1.165, 1.54) is 23.2 Å². The normalized spacial score (nSPS) is 22.5. The van der Waals surface area contributed by atoms with Crippen LogP contribution in [-0.2, 0) is 0 Å². The SMILES string of the molecule is Cc1ccc(C)c(N2CC(CCO)CC2(C)C)c1. The molecule has 0 bridgehead atoms. The fourth-order valence-corrected chi connectivity index (χ4v) is 3.20. The Kier molecular flexibility index (Phi) is 3.67. The van der Waals surface area contributed by atoms with Crippen LogP contribution in [0.3, 0.4) is 0 Å². The number of hydrogen-bond donors (Lipinski definition) is 1. The Morgan fingerprint density at radius 2 is 2.06 bits per heavy atom. The van der Waals surface area contributed by atoms with E-state index in [9.17, 15) is 0 Å². The Balaban J connectivity index is 2.29. The van der Waals surface area contributed by atoms with Gasteiger partial charge in [0.1, 0.15) is 0 Å². The predicted molar refractivity (Wildman–Crippen MR) is 77.2 cm³/mol. The molecular weight excluding hydrogens is 222 g/mol. The first-order chi connectivity index (χ1) is 8.44. The minimum absolute atomic E-state index is 0.193. The molecule has 1 aromatic carbocycles. The fraction of sp³-hybridized carbons (Fsp3) is 0.625. The molecular formula is C16H25NO. The first-order valence-corrected chi connectivity index (χ1v) is 6.90. The quantitative estimate of drug-likeness (QED) is 0.886. The van der Waals surface area contributed by atoms with Crippen molar-refractivity contribution in [1.82, 2.24) is 0 Å². The summed E-state index contributed by atoms with van der Waals surface area (Å²) >= 11 is 0. The lowest BCUT2D eigenvalue weighted by Gasteiger charge is -2.35. The molecule has 100 valence electrons. The van der Waals surface area contributed by atoms with Crippen molar-refractivity contribution in [1.29, 1.82) is 0 Å². The molecule has 0 aromatic heterocycles. The van der Waals surface area contributed by atoms with Crippen molar-refractivity contribution in [2.45, 2.75) is 46.1 Å². The third kappa shape index (κ3) is 2.54. The first kappa shape index (κ1) is 13.4. The second-order valence-corrected chi connectivity index (χ2v) is 6.30. The molecule has 2 rings (SSSR count). The number of hydrogen-bond acceptors (Lipinski definition) is 2. The zero-order valence-electron chi connectivity index (χ0n) is 12.0. The van der Waals surface area contributed by atoms with E-state index in [1.54, 1.807) is 0 Å². The van der Waals surface area contributed by atoms with Crippen LogP contribution in [0.15, 0.2) is 18.2 Å². The Morgan fingerprint density at radius 1 is 1.33 bits per heavy atom. The molecule has 1 heterocycles. The standard InChI is InChI=1S/C16H25NO/c1-12-5-6-13(2)15(9-12)17-11-14(7-8-18)10-16(17,3)4/h5-6,9,14,18H,7-8,10-11H2,1-4H3. The number of aliphatic hydroxyl groups excluding tert-OH is 1. The summed E-state index contributed by atoms with van der Waals surface area (Å²) in [7, 11) is 0. The van der Waals surface area contributed by atoms with Crippen molar-refractivity contribution in [2.75, 3.05) is 18.1 Å². The van der Waals surface area contributed by atoms with Crippen molar-refractivity contribution >= 4 is 5.69 Å². The van der Waals surface area contributed by atoms with Crippen LogP contribution in [0.5, 0.6) is 0 Å². The van der Waals surface area contributed by atoms with E-state index >= 15 is 0 Å². The van der Waals surface area contributed by atoms with E-state index in [0.717, 1.165) is 13.0 Å². The molecule has 1 aliphatic rings. The highest BCUT2D eigenvalue weighted by atomic mass is 16.3. The predicted octanol–water partition coefficient (Wildman–Crippen LogP) is 3.29. The van der Waals surface area contributed by atoms with E-state index in [2.05, 4.69) is 50.8 Å². The molecule has 1 N–H and O–H groups in total. The highest BCUT2D eigenvalue weighted by molar-refractivity contribution is 5.57. The monoisotopic (exact) mass is 247 g/mol. The second-order valence-electron chi connectivity index (χ2n) is 6.30. The van der Waals surface area contributed by atoms with Crippen LogP contribution in [0, 0.1) is 19.8 Å². The summed E-state index contributed by atoms with van der Waals surface area (Å²) in [4.78, 5) is 2.52. The summed E-state index contributed by atoms with van der Waals surface area (Å²) in [5.41, 5.74) is 4.22. The van der Waals surface area contributed by atoms with Gasteiger partial charge >= 0.3 is 0 Å². The molecule has 1 unspecified atom stereocenters. The molecule has 0 spiro atoms. The highest BCUT2D eigenvalue weighted by Gasteiger charge is 2.38. The van der Waals surface area contributed by atoms with Gasteiger partial charge in [0.25, 0.3) is 0 Å². The molecule has 2 nitrogen and oxygen atoms in total. The molecule has 2 heteroatoms. The molecule has 1 aromatic rings. The molecule has 0 saturated carbocycles. The maximum Gasteiger partial charge on any atom is 0.0434 e. The Bertz CT molecular complexity index is 425. The van der Waals surface area contributed by atoms with E-state index in [0.29, 0.717) is 12.5 Å². The third-order valence-electron chi connectivity index (χ3n) is 4.15. The molecule has 0 radical (unpaired) electrons. The average molecular weight is 247 g/mol. The number of benzene rings is 1. The number of anilines is 1. The van der Waals surface area contributed by atoms with Gasteiger partial charge in [-0.05, 0) is 63.6 Å². The molecule has 1 aliphatic heterocycles. The summed E-state index contributed by atoms with van der Waals surface area (Å²) < 4.78 is 0. The van der Waals surface area contributed by atoms with Gasteiger partial charge in [0.2, 0.25) is 0 Å². The van der Waals surface area contributed by atoms with Gasteiger partial charge in [-0.3, -0.25) is 0 Å². The van der Waals surface area contributed by atoms with Crippen LogP contribution >= 0.6 is 0 Å². The molecule has 1 atom stereocenters. The summed E-state index contributed by atoms with van der Waals surface area (Å²) in [6, 6.07) is 6.67. The third-order valence-corrected chi connectivity index (χ3v) is 4.15. The average Bonchev–Trinajstić information content (AvgIpc) is 2.57. The van der Waals surface area contributed by atoms with Gasteiger partial charge in [0.05, 0.1) is 0 Å². The van der Waals surface area contributed by atoms with Crippen LogP contribution < -0.4 is 4.90 Å². The first-order valence-electron chi connectivity index (χ1n) is 6.90. The lowest BCUT2D eigenvalue weighted by Crippen LogP contribution is -2.38. The lowest BCUT2D eigenvalue weighted by molar-refractivity contribution is 0.259. The lowest BCUT2D eigenvalue weighted by atomic mass is 9.94. The maximum absolute atomic E-state index is 9.13. The summed E-state index contributed by atoms with van der Waals surface area (Å²) in [5, 5.41) is 9.13. The van der Waals surface area contributed by atoms with E-state index in [-0.39, 0.29) is 5.54 Å². The smallest absolute Gasteiger partial charge is 0.0434 e. The Morgan fingerprint density at radius 3 is 2.72 bits per heavy atom. The minimum Gasteiger partial charge on any atom is -0.396 e. The number of nitrogens with zero attached hydrogens (tertiary/aromatic N) is 1. The van der Waals surface area contributed by atoms with Gasteiger partial charge in [-0.25, -0.2) is 0 Å². The van der Waals surface area contributed by atoms with Crippen LogP contribution in [0.1, 0.15) is 37.8 Å². The largest absolute Gasteiger partial charge is 0.396 e. The van der Waals surface area contributed by atoms with Gasteiger partial charge in [0.15, 0.2) is 0 Å². The van der Waals surface area contributed by atoms with Crippen LogP contribution in [0.4, 0.5) is 5.69 Å². The Labute approximate surface area is 111 Å². The van der Waals surface area contributed by atoms with Crippen LogP contribution in [-0.4, -0.2) is 23.8 Å². The zero-order chi connectivity index (χ0) is 13.3. The van der Waals surface area contributed by atoms with Crippen molar-refractivity contribution < 1.29 is 5.11 Å². The molecule has 0 amide bonds. The van der Waals surface area contributed by atoms with Gasteiger partial charge in [-0.1, -0.05) is 12.1 Å². The van der Waals surface area contributed by atoms with Crippen molar-refractivity contribution in [3.05, 3.63) is 29.3 Å².